The van der Waals surface area contributed by atoms with E-state index in [0.29, 0.717) is 30.9 Å². The fraction of sp³-hybridized carbons (Fsp3) is 0.273. The summed E-state index contributed by atoms with van der Waals surface area (Å²) in [5, 5.41) is 7.27. The molecule has 1 aliphatic heterocycles. The van der Waals surface area contributed by atoms with Gasteiger partial charge in [-0.2, -0.15) is 5.10 Å². The summed E-state index contributed by atoms with van der Waals surface area (Å²) in [6, 6.07) is 13.4. The van der Waals surface area contributed by atoms with Crippen molar-refractivity contribution in [3.8, 4) is 0 Å². The smallest absolute Gasteiger partial charge is 0.253 e. The molecule has 7 heteroatoms. The third-order valence-corrected chi connectivity index (χ3v) is 5.09. The first-order chi connectivity index (χ1) is 14.2. The van der Waals surface area contributed by atoms with E-state index >= 15 is 0 Å². The van der Waals surface area contributed by atoms with Gasteiger partial charge in [0, 0.05) is 37.2 Å². The molecular formula is C22H23N5O2. The number of rotatable bonds is 5. The second-order valence-corrected chi connectivity index (χ2v) is 7.23. The SMILES string of the molecule is O=C(Nc1cnn(Cc2ccccc2)c1)C1CCCN(C(=O)c2ccncc2)C1. The highest BCUT2D eigenvalue weighted by Crippen LogP contribution is 2.20. The maximum atomic E-state index is 12.7. The van der Waals surface area contributed by atoms with Gasteiger partial charge in [-0.3, -0.25) is 19.3 Å². The van der Waals surface area contributed by atoms with Gasteiger partial charge < -0.3 is 10.2 Å². The number of nitrogens with one attached hydrogen (secondary N) is 1. The van der Waals surface area contributed by atoms with Crippen molar-refractivity contribution in [3.63, 3.8) is 0 Å². The largest absolute Gasteiger partial charge is 0.338 e. The number of hydrogen-bond donors (Lipinski definition) is 1. The molecule has 1 saturated heterocycles. The molecule has 1 atom stereocenters. The molecule has 1 N–H and O–H groups in total. The van der Waals surface area contributed by atoms with Crippen LogP contribution in [0, 0.1) is 5.92 Å². The second-order valence-electron chi connectivity index (χ2n) is 7.23. The van der Waals surface area contributed by atoms with Crippen LogP contribution in [0.15, 0.2) is 67.3 Å². The Kier molecular flexibility index (Phi) is 5.65. The fourth-order valence-corrected chi connectivity index (χ4v) is 3.58. The predicted molar refractivity (Wildman–Crippen MR) is 109 cm³/mol. The maximum Gasteiger partial charge on any atom is 0.253 e. The van der Waals surface area contributed by atoms with Crippen LogP contribution in [0.5, 0.6) is 0 Å². The summed E-state index contributed by atoms with van der Waals surface area (Å²) >= 11 is 0. The summed E-state index contributed by atoms with van der Waals surface area (Å²) in [5.74, 6) is -0.357. The van der Waals surface area contributed by atoms with Crippen LogP contribution in [-0.4, -0.2) is 44.6 Å². The van der Waals surface area contributed by atoms with Crippen LogP contribution < -0.4 is 5.32 Å². The van der Waals surface area contributed by atoms with Gasteiger partial charge in [0.25, 0.3) is 5.91 Å². The van der Waals surface area contributed by atoms with E-state index in [1.165, 1.54) is 0 Å². The highest BCUT2D eigenvalue weighted by molar-refractivity contribution is 5.96. The van der Waals surface area contributed by atoms with E-state index in [0.717, 1.165) is 18.4 Å². The Morgan fingerprint density at radius 3 is 2.69 bits per heavy atom. The molecular weight excluding hydrogens is 366 g/mol. The van der Waals surface area contributed by atoms with Gasteiger partial charge in [-0.1, -0.05) is 30.3 Å². The highest BCUT2D eigenvalue weighted by Gasteiger charge is 2.29. The number of amides is 2. The number of anilines is 1. The number of benzene rings is 1. The minimum Gasteiger partial charge on any atom is -0.338 e. The van der Waals surface area contributed by atoms with Crippen molar-refractivity contribution in [2.45, 2.75) is 19.4 Å². The van der Waals surface area contributed by atoms with Gasteiger partial charge in [0.1, 0.15) is 0 Å². The lowest BCUT2D eigenvalue weighted by Gasteiger charge is -2.32. The first kappa shape index (κ1) is 18.9. The summed E-state index contributed by atoms with van der Waals surface area (Å²) in [7, 11) is 0. The number of likely N-dealkylation sites (tertiary alicyclic amines) is 1. The molecule has 3 aromatic rings. The van der Waals surface area contributed by atoms with Gasteiger partial charge in [0.05, 0.1) is 24.3 Å². The standard InChI is InChI=1S/C22H23N5O2/c28-21(25-20-13-24-27(16-20)14-17-5-2-1-3-6-17)19-7-4-12-26(15-19)22(29)18-8-10-23-11-9-18/h1-3,5-6,8-11,13,16,19H,4,7,12,14-15H2,(H,25,28). The Balaban J connectivity index is 1.35. The van der Waals surface area contributed by atoms with Gasteiger partial charge in [-0.15, -0.1) is 0 Å². The molecule has 2 aromatic heterocycles. The number of aromatic nitrogens is 3. The third kappa shape index (κ3) is 4.68. The molecule has 4 rings (SSSR count). The lowest BCUT2D eigenvalue weighted by atomic mass is 9.96. The van der Waals surface area contributed by atoms with E-state index in [4.69, 9.17) is 0 Å². The zero-order valence-corrected chi connectivity index (χ0v) is 16.1. The third-order valence-electron chi connectivity index (χ3n) is 5.09. The molecule has 1 fully saturated rings. The van der Waals surface area contributed by atoms with Crippen LogP contribution in [-0.2, 0) is 11.3 Å². The molecule has 0 radical (unpaired) electrons. The average molecular weight is 389 g/mol. The van der Waals surface area contributed by atoms with Gasteiger partial charge in [0.15, 0.2) is 0 Å². The zero-order valence-electron chi connectivity index (χ0n) is 16.1. The molecule has 0 spiro atoms. The number of carbonyl (C=O) groups excluding carboxylic acids is 2. The van der Waals surface area contributed by atoms with E-state index in [1.807, 2.05) is 36.5 Å². The van der Waals surface area contributed by atoms with E-state index in [2.05, 4.69) is 15.4 Å². The monoisotopic (exact) mass is 389 g/mol. The molecule has 1 aliphatic rings. The Morgan fingerprint density at radius 2 is 1.90 bits per heavy atom. The summed E-state index contributed by atoms with van der Waals surface area (Å²) in [6.45, 7) is 1.74. The molecule has 148 valence electrons. The lowest BCUT2D eigenvalue weighted by Crippen LogP contribution is -2.43. The number of carbonyl (C=O) groups is 2. The lowest BCUT2D eigenvalue weighted by molar-refractivity contribution is -0.121. The molecule has 7 nitrogen and oxygen atoms in total. The Hall–Kier alpha value is -3.48. The molecule has 29 heavy (non-hydrogen) atoms. The van der Waals surface area contributed by atoms with Crippen LogP contribution in [0.3, 0.4) is 0 Å². The zero-order chi connectivity index (χ0) is 20.1. The topological polar surface area (TPSA) is 80.1 Å². The quantitative estimate of drug-likeness (QED) is 0.728. The molecule has 3 heterocycles. The summed E-state index contributed by atoms with van der Waals surface area (Å²) < 4.78 is 1.80. The minimum absolute atomic E-state index is 0.0550. The molecule has 1 unspecified atom stereocenters. The van der Waals surface area contributed by atoms with Crippen molar-refractivity contribution < 1.29 is 9.59 Å². The number of hydrogen-bond acceptors (Lipinski definition) is 4. The van der Waals surface area contributed by atoms with Crippen LogP contribution in [0.25, 0.3) is 0 Å². The average Bonchev–Trinajstić information content (AvgIpc) is 3.21. The summed E-state index contributed by atoms with van der Waals surface area (Å²) in [6.07, 6.45) is 8.27. The Labute approximate surface area is 169 Å². The van der Waals surface area contributed by atoms with Gasteiger partial charge in [-0.25, -0.2) is 0 Å². The molecule has 0 bridgehead atoms. The molecule has 0 saturated carbocycles. The van der Waals surface area contributed by atoms with Gasteiger partial charge in [0.2, 0.25) is 5.91 Å². The summed E-state index contributed by atoms with van der Waals surface area (Å²) in [4.78, 5) is 31.1. The van der Waals surface area contributed by atoms with Crippen molar-refractivity contribution in [3.05, 3.63) is 78.4 Å². The van der Waals surface area contributed by atoms with Gasteiger partial charge >= 0.3 is 0 Å². The Bertz CT molecular complexity index is 971. The van der Waals surface area contributed by atoms with Crippen molar-refractivity contribution in [2.24, 2.45) is 5.92 Å². The maximum absolute atomic E-state index is 12.7. The second kappa shape index (κ2) is 8.68. The first-order valence-electron chi connectivity index (χ1n) is 9.75. The summed E-state index contributed by atoms with van der Waals surface area (Å²) in [5.41, 5.74) is 2.41. The fourth-order valence-electron chi connectivity index (χ4n) is 3.58. The molecule has 2 amide bonds. The van der Waals surface area contributed by atoms with E-state index in [-0.39, 0.29) is 17.7 Å². The molecule has 1 aromatic carbocycles. The minimum atomic E-state index is -0.230. The van der Waals surface area contributed by atoms with Crippen LogP contribution in [0.1, 0.15) is 28.8 Å². The van der Waals surface area contributed by atoms with Crippen LogP contribution >= 0.6 is 0 Å². The van der Waals surface area contributed by atoms with E-state index in [9.17, 15) is 9.59 Å². The predicted octanol–water partition coefficient (Wildman–Crippen LogP) is 2.82. The number of nitrogens with zero attached hydrogens (tertiary/aromatic N) is 4. The van der Waals surface area contributed by atoms with Crippen molar-refractivity contribution in [1.82, 2.24) is 19.7 Å². The number of pyridine rings is 1. The van der Waals surface area contributed by atoms with Crippen LogP contribution in [0.4, 0.5) is 5.69 Å². The van der Waals surface area contributed by atoms with Crippen LogP contribution in [0.2, 0.25) is 0 Å². The van der Waals surface area contributed by atoms with E-state index in [1.54, 1.807) is 40.3 Å². The van der Waals surface area contributed by atoms with Crippen molar-refractivity contribution in [2.75, 3.05) is 18.4 Å². The van der Waals surface area contributed by atoms with Crippen molar-refractivity contribution in [1.29, 1.82) is 0 Å². The van der Waals surface area contributed by atoms with E-state index < -0.39 is 0 Å². The highest BCUT2D eigenvalue weighted by atomic mass is 16.2. The Morgan fingerprint density at radius 1 is 1.10 bits per heavy atom. The number of piperidine rings is 1. The molecule has 0 aliphatic carbocycles. The van der Waals surface area contributed by atoms with Crippen molar-refractivity contribution >= 4 is 17.5 Å². The first-order valence-corrected chi connectivity index (χ1v) is 9.75. The normalized spacial score (nSPS) is 16.4. The van der Waals surface area contributed by atoms with Gasteiger partial charge in [-0.05, 0) is 30.5 Å².